The molecular formula is C7H18N2O3S2. The lowest BCUT2D eigenvalue weighted by molar-refractivity contribution is -0.138. The fraction of sp³-hybridized carbons (Fsp3) is 0.857. The van der Waals surface area contributed by atoms with Crippen molar-refractivity contribution in [2.45, 2.75) is 25.8 Å². The molecule has 0 aromatic rings. The Kier molecular flexibility index (Phi) is 14.7. The van der Waals surface area contributed by atoms with Gasteiger partial charge in [0.05, 0.1) is 0 Å². The number of carboxylic acids is 1. The van der Waals surface area contributed by atoms with Gasteiger partial charge < -0.3 is 10.8 Å². The predicted octanol–water partition coefficient (Wildman–Crippen LogP) is 0.358. The average Bonchev–Trinajstić information content (AvgIpc) is 2.13. The highest BCUT2D eigenvalue weighted by atomic mass is 32.2. The van der Waals surface area contributed by atoms with Gasteiger partial charge in [0.25, 0.3) is 0 Å². The van der Waals surface area contributed by atoms with Gasteiger partial charge in [-0.3, -0.25) is 13.8 Å². The summed E-state index contributed by atoms with van der Waals surface area (Å²) in [5.74, 6) is 1.04. The van der Waals surface area contributed by atoms with Crippen LogP contribution in [0.25, 0.3) is 0 Å². The third-order valence-electron chi connectivity index (χ3n) is 1.24. The van der Waals surface area contributed by atoms with Crippen molar-refractivity contribution in [3.8, 4) is 0 Å². The quantitative estimate of drug-likeness (QED) is 0.583. The van der Waals surface area contributed by atoms with Crippen LogP contribution in [0.3, 0.4) is 0 Å². The van der Waals surface area contributed by atoms with Crippen LogP contribution in [0.2, 0.25) is 0 Å². The first-order valence-electron chi connectivity index (χ1n) is 4.20. The van der Waals surface area contributed by atoms with Crippen LogP contribution in [0.15, 0.2) is 0 Å². The minimum atomic E-state index is -0.917. The molecule has 0 spiro atoms. The number of carboxylic acid groups (broad SMARTS) is 1. The fourth-order valence-electron chi connectivity index (χ4n) is 0.580. The van der Waals surface area contributed by atoms with Gasteiger partial charge in [0, 0.05) is 11.5 Å². The van der Waals surface area contributed by atoms with Gasteiger partial charge in [-0.1, -0.05) is 6.92 Å². The van der Waals surface area contributed by atoms with Gasteiger partial charge in [-0.2, -0.15) is 11.8 Å². The zero-order valence-electron chi connectivity index (χ0n) is 8.16. The van der Waals surface area contributed by atoms with Crippen molar-refractivity contribution in [3.05, 3.63) is 0 Å². The summed E-state index contributed by atoms with van der Waals surface area (Å²) in [5, 5.41) is 8.40. The first-order valence-corrected chi connectivity index (χ1v) is 6.26. The van der Waals surface area contributed by atoms with Crippen molar-refractivity contribution in [1.29, 1.82) is 4.78 Å². The van der Waals surface area contributed by atoms with Crippen LogP contribution < -0.4 is 5.73 Å². The third kappa shape index (κ3) is 14.3. The first-order chi connectivity index (χ1) is 6.59. The van der Waals surface area contributed by atoms with E-state index in [0.29, 0.717) is 6.42 Å². The van der Waals surface area contributed by atoms with E-state index in [1.807, 2.05) is 0 Å². The number of hydrogen-bond donors (Lipinski definition) is 3. The van der Waals surface area contributed by atoms with Crippen LogP contribution in [-0.4, -0.2) is 32.8 Å². The summed E-state index contributed by atoms with van der Waals surface area (Å²) in [6.45, 7) is 2.10. The minimum absolute atomic E-state index is 0.569. The molecule has 0 aromatic carbocycles. The van der Waals surface area contributed by atoms with Crippen molar-refractivity contribution in [1.82, 2.24) is 0 Å². The summed E-state index contributed by atoms with van der Waals surface area (Å²) in [5.41, 5.74) is 5.29. The topological polar surface area (TPSA) is 104 Å². The molecule has 0 unspecified atom stereocenters. The van der Waals surface area contributed by atoms with E-state index in [2.05, 4.69) is 6.92 Å². The molecule has 4 N–H and O–H groups in total. The third-order valence-corrected chi connectivity index (χ3v) is 2.46. The van der Waals surface area contributed by atoms with Crippen molar-refractivity contribution in [2.24, 2.45) is 5.73 Å². The van der Waals surface area contributed by atoms with E-state index < -0.39 is 23.5 Å². The minimum Gasteiger partial charge on any atom is -0.480 e. The van der Waals surface area contributed by atoms with E-state index in [9.17, 15) is 4.79 Å². The summed E-state index contributed by atoms with van der Waals surface area (Å²) in [6, 6.07) is -0.681. The second-order valence-corrected chi connectivity index (χ2v) is 3.88. The van der Waals surface area contributed by atoms with E-state index >= 15 is 0 Å². The molecule has 0 aromatic heterocycles. The van der Waals surface area contributed by atoms with Gasteiger partial charge in [-0.25, -0.2) is 0 Å². The highest BCUT2D eigenvalue weighted by Crippen LogP contribution is 2.05. The van der Waals surface area contributed by atoms with Gasteiger partial charge in [-0.15, -0.1) is 0 Å². The molecule has 0 aliphatic carbocycles. The molecule has 5 nitrogen and oxygen atoms in total. The number of nitrogens with one attached hydrogen (secondary N) is 1. The molecule has 0 bridgehead atoms. The van der Waals surface area contributed by atoms with Crippen LogP contribution in [0.1, 0.15) is 19.8 Å². The predicted molar refractivity (Wildman–Crippen MR) is 61.5 cm³/mol. The lowest BCUT2D eigenvalue weighted by Gasteiger charge is -2.04. The highest BCUT2D eigenvalue weighted by molar-refractivity contribution is 7.99. The molecule has 14 heavy (non-hydrogen) atoms. The number of rotatable bonds is 6. The molecule has 7 heteroatoms. The molecule has 0 aliphatic rings. The normalized spacial score (nSPS) is 12.1. The number of aliphatic carboxylic acids is 1. The number of thioether (sulfide) groups is 1. The van der Waals surface area contributed by atoms with Crippen molar-refractivity contribution >= 4 is 29.2 Å². The van der Waals surface area contributed by atoms with Gasteiger partial charge in [0.1, 0.15) is 6.04 Å². The summed E-state index contributed by atoms with van der Waals surface area (Å²) in [4.78, 5) is 10.2. The SMILES string of the molecule is CCCSCC[C@H](N)C(=O)O.N=[SH2]=O. The van der Waals surface area contributed by atoms with Crippen LogP contribution in [0.4, 0.5) is 0 Å². The Hall–Kier alpha value is -0.270. The molecule has 0 aliphatic heterocycles. The molecule has 1 atom stereocenters. The van der Waals surface area contributed by atoms with Gasteiger partial charge in [0.15, 0.2) is 0 Å². The van der Waals surface area contributed by atoms with E-state index in [0.717, 1.165) is 17.9 Å². The maximum Gasteiger partial charge on any atom is 0.320 e. The van der Waals surface area contributed by atoms with Crippen LogP contribution in [0, 0.1) is 4.78 Å². The number of hydrogen-bond acceptors (Lipinski definition) is 5. The highest BCUT2D eigenvalue weighted by Gasteiger charge is 2.09. The zero-order chi connectivity index (χ0) is 11.4. The Labute approximate surface area is 91.5 Å². The smallest absolute Gasteiger partial charge is 0.320 e. The monoisotopic (exact) mass is 242 g/mol. The Morgan fingerprint density at radius 3 is 2.50 bits per heavy atom. The van der Waals surface area contributed by atoms with Crippen LogP contribution in [-0.2, 0) is 16.3 Å². The Bertz CT molecular complexity index is 184. The molecule has 0 radical (unpaired) electrons. The Morgan fingerprint density at radius 1 is 1.64 bits per heavy atom. The van der Waals surface area contributed by atoms with Crippen LogP contribution in [0.5, 0.6) is 0 Å². The zero-order valence-corrected chi connectivity index (χ0v) is 9.97. The molecule has 0 saturated carbocycles. The maximum atomic E-state index is 10.2. The number of nitrogens with two attached hydrogens (primary N) is 1. The lowest BCUT2D eigenvalue weighted by atomic mass is 10.2. The fourth-order valence-corrected chi connectivity index (χ4v) is 1.49. The molecular weight excluding hydrogens is 224 g/mol. The molecule has 0 fully saturated rings. The molecule has 0 rings (SSSR count). The van der Waals surface area contributed by atoms with Crippen molar-refractivity contribution in [3.63, 3.8) is 0 Å². The number of carbonyl (C=O) groups is 1. The average molecular weight is 242 g/mol. The first kappa shape index (κ1) is 16.2. The second kappa shape index (κ2) is 12.7. The van der Waals surface area contributed by atoms with E-state index in [-0.39, 0.29) is 0 Å². The summed E-state index contributed by atoms with van der Waals surface area (Å²) in [7, 11) is 0. The molecule has 0 saturated heterocycles. The van der Waals surface area contributed by atoms with Crippen molar-refractivity contribution in [2.75, 3.05) is 11.5 Å². The van der Waals surface area contributed by atoms with Crippen LogP contribution >= 0.6 is 11.8 Å². The largest absolute Gasteiger partial charge is 0.480 e. The van der Waals surface area contributed by atoms with E-state index in [4.69, 9.17) is 19.8 Å². The lowest BCUT2D eigenvalue weighted by Crippen LogP contribution is -2.30. The van der Waals surface area contributed by atoms with E-state index in [1.165, 1.54) is 0 Å². The second-order valence-electron chi connectivity index (χ2n) is 2.45. The summed E-state index contributed by atoms with van der Waals surface area (Å²) < 4.78 is 14.3. The maximum absolute atomic E-state index is 10.2. The van der Waals surface area contributed by atoms with E-state index in [1.54, 1.807) is 11.8 Å². The molecule has 0 amide bonds. The Morgan fingerprint density at radius 2 is 2.14 bits per heavy atom. The summed E-state index contributed by atoms with van der Waals surface area (Å²) >= 11 is 0.839. The van der Waals surface area contributed by atoms with Crippen molar-refractivity contribution < 1.29 is 14.1 Å². The van der Waals surface area contributed by atoms with Gasteiger partial charge in [-0.05, 0) is 24.3 Å². The van der Waals surface area contributed by atoms with Gasteiger partial charge >= 0.3 is 5.97 Å². The Balaban J connectivity index is 0. The van der Waals surface area contributed by atoms with Gasteiger partial charge in [0.2, 0.25) is 0 Å². The molecule has 0 heterocycles. The summed E-state index contributed by atoms with van der Waals surface area (Å²) in [6.07, 6.45) is 1.70. The standard InChI is InChI=1S/C7H15NO2S.H3NOS/c1-2-4-11-5-3-6(8)7(9)10;1-3-2/h6H,2-5,8H2,1H3,(H,9,10);1H,3H2/t6-;/m0./s1. The molecule has 86 valence electrons.